The molecule has 0 spiro atoms. The van der Waals surface area contributed by atoms with Crippen LogP contribution in [0.4, 0.5) is 0 Å². The minimum Gasteiger partial charge on any atom is -0.464 e. The van der Waals surface area contributed by atoms with Crippen molar-refractivity contribution in [2.24, 2.45) is 0 Å². The molecule has 1 saturated carbocycles. The van der Waals surface area contributed by atoms with E-state index in [-0.39, 0.29) is 17.2 Å². The van der Waals surface area contributed by atoms with E-state index in [2.05, 4.69) is 0 Å². The van der Waals surface area contributed by atoms with Gasteiger partial charge in [-0.05, 0) is 31.0 Å². The molecule has 0 amide bonds. The van der Waals surface area contributed by atoms with E-state index < -0.39 is 0 Å². The van der Waals surface area contributed by atoms with Crippen molar-refractivity contribution in [1.82, 2.24) is 4.57 Å². The van der Waals surface area contributed by atoms with Crippen LogP contribution < -0.4 is 5.56 Å². The third-order valence-corrected chi connectivity index (χ3v) is 2.96. The highest BCUT2D eigenvalue weighted by Gasteiger charge is 2.26. The lowest BCUT2D eigenvalue weighted by atomic mass is 10.1. The molecule has 84 valence electrons. The molecule has 0 aromatic carbocycles. The maximum Gasteiger partial charge on any atom is 0.269 e. The first-order chi connectivity index (χ1) is 8.31. The molecule has 1 aliphatic rings. The normalized spacial score (nSPS) is 14.5. The predicted octanol–water partition coefficient (Wildman–Crippen LogP) is 2.31. The standard InChI is InChI=1S/C13H10N2O2/c14-8-11-10(12-2-1-7-17-12)5-6-15(13(11)16)9-3-4-9/h1-2,5-7,9H,3-4H2. The van der Waals surface area contributed by atoms with Crippen molar-refractivity contribution in [3.05, 3.63) is 46.6 Å². The van der Waals surface area contributed by atoms with E-state index in [1.54, 1.807) is 29.0 Å². The fraction of sp³-hybridized carbons (Fsp3) is 0.231. The van der Waals surface area contributed by atoms with Crippen LogP contribution in [0.5, 0.6) is 0 Å². The van der Waals surface area contributed by atoms with E-state index in [4.69, 9.17) is 9.68 Å². The molecule has 0 N–H and O–H groups in total. The van der Waals surface area contributed by atoms with Gasteiger partial charge in [-0.15, -0.1) is 0 Å². The maximum atomic E-state index is 12.1. The summed E-state index contributed by atoms with van der Waals surface area (Å²) >= 11 is 0. The Kier molecular flexibility index (Phi) is 2.12. The molecular formula is C13H10N2O2. The maximum absolute atomic E-state index is 12.1. The molecule has 0 saturated heterocycles. The topological polar surface area (TPSA) is 58.9 Å². The average molecular weight is 226 g/mol. The monoisotopic (exact) mass is 226 g/mol. The SMILES string of the molecule is N#Cc1c(-c2ccco2)ccn(C2CC2)c1=O. The Bertz CT molecular complexity index is 643. The zero-order valence-corrected chi connectivity index (χ0v) is 9.09. The molecule has 2 aromatic heterocycles. The van der Waals surface area contributed by atoms with Gasteiger partial charge in [-0.3, -0.25) is 4.79 Å². The highest BCUT2D eigenvalue weighted by atomic mass is 16.3. The number of aromatic nitrogens is 1. The summed E-state index contributed by atoms with van der Waals surface area (Å²) in [7, 11) is 0. The lowest BCUT2D eigenvalue weighted by Crippen LogP contribution is -2.21. The Hall–Kier alpha value is -2.28. The summed E-state index contributed by atoms with van der Waals surface area (Å²) in [6, 6.07) is 7.52. The summed E-state index contributed by atoms with van der Waals surface area (Å²) in [6.45, 7) is 0. The van der Waals surface area contributed by atoms with Crippen molar-refractivity contribution in [3.8, 4) is 17.4 Å². The lowest BCUT2D eigenvalue weighted by Gasteiger charge is -2.06. The quantitative estimate of drug-likeness (QED) is 0.789. The van der Waals surface area contributed by atoms with Crippen LogP contribution in [0.1, 0.15) is 24.4 Å². The van der Waals surface area contributed by atoms with E-state index in [0.29, 0.717) is 11.3 Å². The molecule has 0 atom stereocenters. The summed E-state index contributed by atoms with van der Waals surface area (Å²) < 4.78 is 6.88. The van der Waals surface area contributed by atoms with Gasteiger partial charge in [-0.2, -0.15) is 5.26 Å². The van der Waals surface area contributed by atoms with E-state index in [1.165, 1.54) is 6.26 Å². The summed E-state index contributed by atoms with van der Waals surface area (Å²) in [4.78, 5) is 12.1. The van der Waals surface area contributed by atoms with E-state index in [9.17, 15) is 4.79 Å². The molecule has 4 nitrogen and oxygen atoms in total. The van der Waals surface area contributed by atoms with Gasteiger partial charge in [0, 0.05) is 17.8 Å². The Labute approximate surface area is 97.7 Å². The fourth-order valence-electron chi connectivity index (χ4n) is 1.94. The third kappa shape index (κ3) is 1.56. The molecule has 0 unspecified atom stereocenters. The van der Waals surface area contributed by atoms with Gasteiger partial charge in [0.05, 0.1) is 6.26 Å². The minimum absolute atomic E-state index is 0.161. The van der Waals surface area contributed by atoms with Crippen LogP contribution in [0, 0.1) is 11.3 Å². The summed E-state index contributed by atoms with van der Waals surface area (Å²) in [5.41, 5.74) is 0.512. The number of furan rings is 1. The molecule has 2 heterocycles. The molecule has 1 aliphatic carbocycles. The summed E-state index contributed by atoms with van der Waals surface area (Å²) in [5, 5.41) is 9.12. The van der Waals surface area contributed by atoms with Crippen molar-refractivity contribution in [3.63, 3.8) is 0 Å². The highest BCUT2D eigenvalue weighted by molar-refractivity contribution is 5.64. The van der Waals surface area contributed by atoms with Crippen LogP contribution in [-0.4, -0.2) is 4.57 Å². The van der Waals surface area contributed by atoms with Gasteiger partial charge in [0.1, 0.15) is 17.4 Å². The Morgan fingerprint density at radius 3 is 2.82 bits per heavy atom. The van der Waals surface area contributed by atoms with Crippen molar-refractivity contribution in [2.75, 3.05) is 0 Å². The van der Waals surface area contributed by atoms with Crippen molar-refractivity contribution in [2.45, 2.75) is 18.9 Å². The zero-order valence-electron chi connectivity index (χ0n) is 9.09. The Morgan fingerprint density at radius 2 is 2.24 bits per heavy atom. The minimum atomic E-state index is -0.219. The molecule has 2 aromatic rings. The van der Waals surface area contributed by atoms with E-state index >= 15 is 0 Å². The lowest BCUT2D eigenvalue weighted by molar-refractivity contribution is 0.581. The second-order valence-electron chi connectivity index (χ2n) is 4.14. The van der Waals surface area contributed by atoms with Crippen LogP contribution in [-0.2, 0) is 0 Å². The van der Waals surface area contributed by atoms with Crippen LogP contribution in [0.15, 0.2) is 39.9 Å². The number of hydrogen-bond acceptors (Lipinski definition) is 3. The van der Waals surface area contributed by atoms with E-state index in [0.717, 1.165) is 12.8 Å². The van der Waals surface area contributed by atoms with Gasteiger partial charge in [-0.1, -0.05) is 0 Å². The zero-order chi connectivity index (χ0) is 11.8. The Balaban J connectivity index is 2.21. The third-order valence-electron chi connectivity index (χ3n) is 2.96. The molecular weight excluding hydrogens is 216 g/mol. The molecule has 3 rings (SSSR count). The highest BCUT2D eigenvalue weighted by Crippen LogP contribution is 2.34. The second kappa shape index (κ2) is 3.63. The first-order valence-electron chi connectivity index (χ1n) is 5.50. The fourth-order valence-corrected chi connectivity index (χ4v) is 1.94. The summed E-state index contributed by atoms with van der Waals surface area (Å²) in [5.74, 6) is 0.557. The number of rotatable bonds is 2. The predicted molar refractivity (Wildman–Crippen MR) is 61.4 cm³/mol. The number of nitrogens with zero attached hydrogens (tertiary/aromatic N) is 2. The molecule has 1 fully saturated rings. The number of nitriles is 1. The van der Waals surface area contributed by atoms with Crippen LogP contribution >= 0.6 is 0 Å². The Morgan fingerprint density at radius 1 is 1.41 bits per heavy atom. The van der Waals surface area contributed by atoms with Crippen LogP contribution in [0.3, 0.4) is 0 Å². The smallest absolute Gasteiger partial charge is 0.269 e. The number of pyridine rings is 1. The van der Waals surface area contributed by atoms with Gasteiger partial charge in [0.25, 0.3) is 5.56 Å². The van der Waals surface area contributed by atoms with Gasteiger partial charge in [0.2, 0.25) is 0 Å². The molecule has 0 radical (unpaired) electrons. The molecule has 17 heavy (non-hydrogen) atoms. The van der Waals surface area contributed by atoms with Crippen LogP contribution in [0.25, 0.3) is 11.3 Å². The van der Waals surface area contributed by atoms with Crippen molar-refractivity contribution < 1.29 is 4.42 Å². The molecule has 0 aliphatic heterocycles. The van der Waals surface area contributed by atoms with Gasteiger partial charge < -0.3 is 8.98 Å². The van der Waals surface area contributed by atoms with Crippen LogP contribution in [0.2, 0.25) is 0 Å². The molecule has 4 heteroatoms. The first kappa shape index (κ1) is 9.91. The summed E-state index contributed by atoms with van der Waals surface area (Å²) in [6.07, 6.45) is 5.32. The van der Waals surface area contributed by atoms with Crippen molar-refractivity contribution in [1.29, 1.82) is 5.26 Å². The van der Waals surface area contributed by atoms with Crippen molar-refractivity contribution >= 4 is 0 Å². The number of hydrogen-bond donors (Lipinski definition) is 0. The van der Waals surface area contributed by atoms with Gasteiger partial charge >= 0.3 is 0 Å². The van der Waals surface area contributed by atoms with Gasteiger partial charge in [0.15, 0.2) is 0 Å². The second-order valence-corrected chi connectivity index (χ2v) is 4.14. The van der Waals surface area contributed by atoms with Gasteiger partial charge in [-0.25, -0.2) is 0 Å². The average Bonchev–Trinajstić information content (AvgIpc) is 3.03. The molecule has 0 bridgehead atoms. The van der Waals surface area contributed by atoms with E-state index in [1.807, 2.05) is 6.07 Å². The first-order valence-corrected chi connectivity index (χ1v) is 5.50. The largest absolute Gasteiger partial charge is 0.464 e.